The smallest absolute Gasteiger partial charge is 0.209 e. The number of alkyl halides is 4. The molecule has 1 saturated heterocycles. The Morgan fingerprint density at radius 2 is 1.69 bits per heavy atom. The fraction of sp³-hybridized carbons (Fsp3) is 0.429. The molecule has 2 atom stereocenters. The highest BCUT2D eigenvalue weighted by Gasteiger charge is 2.76. The Kier molecular flexibility index (Phi) is 2.10. The second-order valence-electron chi connectivity index (χ2n) is 3.27. The standard InChI is InChI=1S/C7H4F6N2S/c8-5(9)3-1-2-4-6(5,10)15(13)7(11,16)14(4)12/h1-3,16H. The molecular weight excluding hydrogens is 258 g/mol. The summed E-state index contributed by atoms with van der Waals surface area (Å²) < 4.78 is 79.5. The minimum atomic E-state index is -4.41. The van der Waals surface area contributed by atoms with Gasteiger partial charge in [-0.2, -0.15) is 13.2 Å². The van der Waals surface area contributed by atoms with Crippen LogP contribution in [0.1, 0.15) is 0 Å². The summed E-state index contributed by atoms with van der Waals surface area (Å²) in [5, 5.41) is -6.65. The zero-order valence-corrected chi connectivity index (χ0v) is 8.24. The molecule has 9 heteroatoms. The molecular formula is C7H4F6N2S. The highest BCUT2D eigenvalue weighted by atomic mass is 32.1. The number of thiol groups is 1. The van der Waals surface area contributed by atoms with Crippen molar-refractivity contribution in [3.63, 3.8) is 0 Å². The Bertz CT molecular complexity index is 394. The average Bonchev–Trinajstić information content (AvgIpc) is 2.30. The van der Waals surface area contributed by atoms with Gasteiger partial charge in [-0.05, 0) is 17.3 Å². The van der Waals surface area contributed by atoms with Crippen LogP contribution in [-0.2, 0) is 0 Å². The number of halogens is 6. The van der Waals surface area contributed by atoms with Gasteiger partial charge in [0.2, 0.25) is 0 Å². The number of hydrogen-bond acceptors (Lipinski definition) is 3. The highest BCUT2D eigenvalue weighted by molar-refractivity contribution is 7.81. The van der Waals surface area contributed by atoms with Crippen molar-refractivity contribution in [2.24, 2.45) is 0 Å². The number of nitrogens with zero attached hydrogens (tertiary/aromatic N) is 2. The maximum absolute atomic E-state index is 13.8. The van der Waals surface area contributed by atoms with E-state index in [-0.39, 0.29) is 6.08 Å². The molecule has 0 N–H and O–H groups in total. The molecule has 0 spiro atoms. The molecule has 0 saturated carbocycles. The molecule has 0 amide bonds. The molecule has 90 valence electrons. The lowest BCUT2D eigenvalue weighted by Gasteiger charge is -2.31. The Labute approximate surface area is 91.1 Å². The summed E-state index contributed by atoms with van der Waals surface area (Å²) in [5.74, 6) is -8.65. The summed E-state index contributed by atoms with van der Waals surface area (Å²) in [6, 6.07) is 0. The van der Waals surface area contributed by atoms with E-state index in [2.05, 4.69) is 12.6 Å². The van der Waals surface area contributed by atoms with E-state index in [0.29, 0.717) is 12.2 Å². The highest BCUT2D eigenvalue weighted by Crippen LogP contribution is 2.57. The van der Waals surface area contributed by atoms with Crippen LogP contribution in [0.5, 0.6) is 0 Å². The minimum absolute atomic E-state index is 0.00605. The SMILES string of the molecule is FN1C2=CC=CC(F)(F)C2(F)N(F)C1(F)S. The normalized spacial score (nSPS) is 42.2. The Hall–Kier alpha value is -0.830. The molecule has 1 aliphatic carbocycles. The first-order valence-corrected chi connectivity index (χ1v) is 4.40. The zero-order chi connectivity index (χ0) is 12.4. The second kappa shape index (κ2) is 2.89. The Morgan fingerprint density at radius 3 is 2.19 bits per heavy atom. The van der Waals surface area contributed by atoms with E-state index in [1.54, 1.807) is 0 Å². The third kappa shape index (κ3) is 1.05. The van der Waals surface area contributed by atoms with E-state index >= 15 is 0 Å². The van der Waals surface area contributed by atoms with E-state index in [9.17, 15) is 26.5 Å². The van der Waals surface area contributed by atoms with Gasteiger partial charge in [0.1, 0.15) is 5.70 Å². The van der Waals surface area contributed by atoms with Crippen LogP contribution >= 0.6 is 12.6 Å². The molecule has 0 bridgehead atoms. The van der Waals surface area contributed by atoms with Crippen molar-refractivity contribution in [2.75, 3.05) is 0 Å². The van der Waals surface area contributed by atoms with Gasteiger partial charge < -0.3 is 0 Å². The maximum Gasteiger partial charge on any atom is 0.341 e. The molecule has 0 aromatic carbocycles. The van der Waals surface area contributed by atoms with Crippen molar-refractivity contribution in [2.45, 2.75) is 17.0 Å². The average molecular weight is 262 g/mol. The van der Waals surface area contributed by atoms with Crippen molar-refractivity contribution in [3.8, 4) is 0 Å². The number of rotatable bonds is 0. The van der Waals surface area contributed by atoms with Crippen LogP contribution in [0.2, 0.25) is 0 Å². The first kappa shape index (κ1) is 11.6. The van der Waals surface area contributed by atoms with Crippen LogP contribution in [0.4, 0.5) is 26.5 Å². The van der Waals surface area contributed by atoms with Gasteiger partial charge in [0.05, 0.1) is 0 Å². The minimum Gasteiger partial charge on any atom is -0.209 e. The summed E-state index contributed by atoms with van der Waals surface area (Å²) >= 11 is 2.82. The van der Waals surface area contributed by atoms with Crippen LogP contribution in [-0.4, -0.2) is 27.2 Å². The second-order valence-corrected chi connectivity index (χ2v) is 3.84. The largest absolute Gasteiger partial charge is 0.341 e. The molecule has 0 radical (unpaired) electrons. The molecule has 2 nitrogen and oxygen atoms in total. The molecule has 1 fully saturated rings. The van der Waals surface area contributed by atoms with Crippen LogP contribution in [0.15, 0.2) is 23.9 Å². The van der Waals surface area contributed by atoms with E-state index in [4.69, 9.17) is 0 Å². The summed E-state index contributed by atoms with van der Waals surface area (Å²) in [6.45, 7) is 0. The predicted octanol–water partition coefficient (Wildman–Crippen LogP) is 2.64. The molecule has 2 aliphatic rings. The lowest BCUT2D eigenvalue weighted by molar-refractivity contribution is -0.270. The fourth-order valence-electron chi connectivity index (χ4n) is 1.51. The van der Waals surface area contributed by atoms with Crippen LogP contribution in [0, 0.1) is 0 Å². The Morgan fingerprint density at radius 1 is 1.12 bits per heavy atom. The first-order chi connectivity index (χ1) is 7.15. The first-order valence-electron chi connectivity index (χ1n) is 3.96. The van der Waals surface area contributed by atoms with Crippen molar-refractivity contribution in [1.29, 1.82) is 0 Å². The van der Waals surface area contributed by atoms with Gasteiger partial charge in [-0.25, -0.2) is 4.39 Å². The van der Waals surface area contributed by atoms with Crippen molar-refractivity contribution >= 4 is 12.6 Å². The molecule has 2 unspecified atom stereocenters. The summed E-state index contributed by atoms with van der Waals surface area (Å²) in [6.07, 6.45) is 1.11. The lowest BCUT2D eigenvalue weighted by Crippen LogP contribution is -2.54. The molecule has 16 heavy (non-hydrogen) atoms. The molecule has 0 aromatic heterocycles. The van der Waals surface area contributed by atoms with E-state index in [1.807, 2.05) is 0 Å². The van der Waals surface area contributed by atoms with Gasteiger partial charge in [0.15, 0.2) is 0 Å². The lowest BCUT2D eigenvalue weighted by atomic mass is 9.99. The van der Waals surface area contributed by atoms with Crippen LogP contribution in [0.25, 0.3) is 0 Å². The van der Waals surface area contributed by atoms with Gasteiger partial charge >= 0.3 is 17.0 Å². The van der Waals surface area contributed by atoms with Crippen LogP contribution < -0.4 is 0 Å². The van der Waals surface area contributed by atoms with Gasteiger partial charge in [-0.15, -0.1) is 9.60 Å². The quantitative estimate of drug-likeness (QED) is 0.310. The monoisotopic (exact) mass is 262 g/mol. The van der Waals surface area contributed by atoms with Crippen molar-refractivity contribution < 1.29 is 26.5 Å². The zero-order valence-electron chi connectivity index (χ0n) is 7.34. The van der Waals surface area contributed by atoms with Crippen molar-refractivity contribution in [3.05, 3.63) is 23.9 Å². The van der Waals surface area contributed by atoms with E-state index in [1.165, 1.54) is 0 Å². The number of hydrogen-bond donors (Lipinski definition) is 1. The number of allylic oxidation sites excluding steroid dienone is 2. The van der Waals surface area contributed by atoms with Gasteiger partial charge in [-0.3, -0.25) is 0 Å². The Balaban J connectivity index is 2.63. The van der Waals surface area contributed by atoms with Gasteiger partial charge in [-0.1, -0.05) is 23.2 Å². The van der Waals surface area contributed by atoms with E-state index in [0.717, 1.165) is 0 Å². The third-order valence-electron chi connectivity index (χ3n) is 2.32. The molecule has 0 aromatic rings. The maximum atomic E-state index is 13.8. The van der Waals surface area contributed by atoms with Crippen molar-refractivity contribution in [1.82, 2.24) is 10.2 Å². The molecule has 1 heterocycles. The third-order valence-corrected chi connectivity index (χ3v) is 2.67. The fourth-order valence-corrected chi connectivity index (χ4v) is 1.75. The molecule has 1 aliphatic heterocycles. The summed E-state index contributed by atoms with van der Waals surface area (Å²) in [4.78, 5) is 0. The van der Waals surface area contributed by atoms with Gasteiger partial charge in [0.25, 0.3) is 0 Å². The van der Waals surface area contributed by atoms with Gasteiger partial charge in [0, 0.05) is 0 Å². The summed E-state index contributed by atoms with van der Waals surface area (Å²) in [7, 11) is 0. The summed E-state index contributed by atoms with van der Waals surface area (Å²) in [5.41, 5.74) is -1.49. The topological polar surface area (TPSA) is 6.48 Å². The molecule has 2 rings (SSSR count). The van der Waals surface area contributed by atoms with Crippen LogP contribution in [0.3, 0.4) is 0 Å². The number of fused-ring (bicyclic) bond motifs is 1. The van der Waals surface area contributed by atoms with E-state index < -0.39 is 32.9 Å². The predicted molar refractivity (Wildman–Crippen MR) is 44.7 cm³/mol.